The number of aliphatic hydroxyl groups excluding tert-OH is 3. The van der Waals surface area contributed by atoms with Crippen molar-refractivity contribution in [2.75, 3.05) is 0 Å². The van der Waals surface area contributed by atoms with Crippen LogP contribution in [0, 0.1) is 0 Å². The molecule has 0 heterocycles. The van der Waals surface area contributed by atoms with Crippen molar-refractivity contribution >= 4 is 17.9 Å². The van der Waals surface area contributed by atoms with Crippen LogP contribution in [0.15, 0.2) is 0 Å². The third-order valence-electron chi connectivity index (χ3n) is 1.04. The van der Waals surface area contributed by atoms with Gasteiger partial charge in [-0.1, -0.05) is 0 Å². The number of carbonyl (C=O) groups excluding carboxylic acids is 2. The third-order valence-corrected chi connectivity index (χ3v) is 1.04. The van der Waals surface area contributed by atoms with E-state index in [1.54, 1.807) is 0 Å². The smallest absolute Gasteiger partial charge is 0.547 e. The molecule has 0 saturated heterocycles. The van der Waals surface area contributed by atoms with E-state index >= 15 is 0 Å². The SMILES string of the molecule is CC(O)C(=O)O.CC(O)C(=O)[O-].CC(O)C(=O)[O-].N.[Zn+2]. The maximum absolute atomic E-state index is 9.45. The molecule has 0 radical (unpaired) electrons. The van der Waals surface area contributed by atoms with Crippen molar-refractivity contribution in [2.24, 2.45) is 0 Å². The van der Waals surface area contributed by atoms with E-state index in [2.05, 4.69) is 0 Å². The quantitative estimate of drug-likeness (QED) is 0.309. The zero-order chi connectivity index (χ0) is 15.5. The number of hydrogen-bond donors (Lipinski definition) is 5. The second-order valence-corrected chi connectivity index (χ2v) is 3.00. The molecule has 0 amide bonds. The molecule has 7 N–H and O–H groups in total. The Morgan fingerprint density at radius 2 is 0.900 bits per heavy atom. The van der Waals surface area contributed by atoms with E-state index in [1.807, 2.05) is 0 Å². The van der Waals surface area contributed by atoms with Crippen molar-refractivity contribution in [3.63, 3.8) is 0 Å². The van der Waals surface area contributed by atoms with Crippen molar-refractivity contribution in [1.29, 1.82) is 0 Å². The summed E-state index contributed by atoms with van der Waals surface area (Å²) in [5, 5.41) is 50.4. The molecule has 3 atom stereocenters. The minimum Gasteiger partial charge on any atom is -0.547 e. The Labute approximate surface area is 128 Å². The third kappa shape index (κ3) is 36.0. The Morgan fingerprint density at radius 3 is 0.900 bits per heavy atom. The molecule has 0 aliphatic carbocycles. The standard InChI is InChI=1S/3C3H6O3.H3N.Zn/c3*1-2(4)3(5)6;;/h3*2,4H,1H3,(H,5,6);1H3;/q;;;;+2/p-2. The summed E-state index contributed by atoms with van der Waals surface area (Å²) in [6.45, 7) is 3.47. The van der Waals surface area contributed by atoms with Crippen molar-refractivity contribution in [1.82, 2.24) is 6.15 Å². The molecular formula is C9H19NO9Zn. The predicted molar refractivity (Wildman–Crippen MR) is 57.7 cm³/mol. The number of aliphatic hydroxyl groups is 3. The van der Waals surface area contributed by atoms with Gasteiger partial charge in [0.2, 0.25) is 0 Å². The van der Waals surface area contributed by atoms with Crippen LogP contribution >= 0.6 is 0 Å². The van der Waals surface area contributed by atoms with Crippen molar-refractivity contribution < 1.29 is 64.5 Å². The normalized spacial score (nSPS) is 12.3. The van der Waals surface area contributed by atoms with Gasteiger partial charge in [0.25, 0.3) is 0 Å². The zero-order valence-electron chi connectivity index (χ0n) is 11.5. The van der Waals surface area contributed by atoms with Gasteiger partial charge >= 0.3 is 25.4 Å². The molecule has 0 rings (SSSR count). The largest absolute Gasteiger partial charge is 2.00 e. The van der Waals surface area contributed by atoms with Gasteiger partial charge in [0, 0.05) is 0 Å². The first-order valence-corrected chi connectivity index (χ1v) is 4.62. The molecule has 0 aromatic heterocycles. The van der Waals surface area contributed by atoms with Crippen LogP contribution in [-0.2, 0) is 33.9 Å². The molecule has 10 nitrogen and oxygen atoms in total. The summed E-state index contributed by atoms with van der Waals surface area (Å²) in [5.41, 5.74) is 0. The molecule has 0 spiro atoms. The minimum absolute atomic E-state index is 0. The number of hydrogen-bond acceptors (Lipinski definition) is 9. The molecule has 116 valence electrons. The first-order valence-electron chi connectivity index (χ1n) is 4.62. The second-order valence-electron chi connectivity index (χ2n) is 3.00. The van der Waals surface area contributed by atoms with Crippen LogP contribution in [0.5, 0.6) is 0 Å². The van der Waals surface area contributed by atoms with Crippen molar-refractivity contribution in [3.05, 3.63) is 0 Å². The topological polar surface area (TPSA) is 213 Å². The van der Waals surface area contributed by atoms with Crippen LogP contribution in [0.4, 0.5) is 0 Å². The van der Waals surface area contributed by atoms with Gasteiger partial charge in [0.05, 0.1) is 24.1 Å². The molecule has 0 saturated carbocycles. The first-order chi connectivity index (χ1) is 7.93. The van der Waals surface area contributed by atoms with E-state index < -0.39 is 36.2 Å². The maximum Gasteiger partial charge on any atom is 2.00 e. The monoisotopic (exact) mass is 349 g/mol. The second kappa shape index (κ2) is 17.9. The molecule has 0 aliphatic heterocycles. The van der Waals surface area contributed by atoms with Crippen LogP contribution in [0.2, 0.25) is 0 Å². The van der Waals surface area contributed by atoms with Gasteiger partial charge in [-0.15, -0.1) is 0 Å². The molecular weight excluding hydrogens is 331 g/mol. The fraction of sp³-hybridized carbons (Fsp3) is 0.667. The van der Waals surface area contributed by atoms with E-state index in [-0.39, 0.29) is 25.6 Å². The van der Waals surface area contributed by atoms with Gasteiger partial charge in [-0.3, -0.25) is 0 Å². The van der Waals surface area contributed by atoms with Gasteiger partial charge in [0.1, 0.15) is 6.10 Å². The zero-order valence-corrected chi connectivity index (χ0v) is 14.4. The molecule has 11 heteroatoms. The van der Waals surface area contributed by atoms with E-state index in [1.165, 1.54) is 6.92 Å². The summed E-state index contributed by atoms with van der Waals surface area (Å²) in [6, 6.07) is 0. The average Bonchev–Trinajstić information content (AvgIpc) is 2.18. The van der Waals surface area contributed by atoms with Crippen molar-refractivity contribution in [3.8, 4) is 0 Å². The molecule has 20 heavy (non-hydrogen) atoms. The van der Waals surface area contributed by atoms with Crippen LogP contribution in [0.3, 0.4) is 0 Å². The van der Waals surface area contributed by atoms with E-state index in [9.17, 15) is 24.6 Å². The van der Waals surface area contributed by atoms with Crippen LogP contribution < -0.4 is 16.4 Å². The molecule has 0 bridgehead atoms. The van der Waals surface area contributed by atoms with Gasteiger partial charge in [-0.25, -0.2) is 4.79 Å². The maximum atomic E-state index is 9.45. The van der Waals surface area contributed by atoms with Crippen LogP contribution in [0.1, 0.15) is 20.8 Å². The van der Waals surface area contributed by atoms with Gasteiger partial charge in [-0.05, 0) is 20.8 Å². The van der Waals surface area contributed by atoms with Gasteiger partial charge < -0.3 is 46.4 Å². The summed E-state index contributed by atoms with van der Waals surface area (Å²) in [6.07, 6.45) is -3.92. The summed E-state index contributed by atoms with van der Waals surface area (Å²) in [7, 11) is 0. The number of aliphatic carboxylic acids is 3. The predicted octanol–water partition coefficient (Wildman–Crippen LogP) is -4.15. The Balaban J connectivity index is -0.0000000536. The van der Waals surface area contributed by atoms with Gasteiger partial charge in [0.15, 0.2) is 0 Å². The Morgan fingerprint density at radius 1 is 0.800 bits per heavy atom. The number of carboxylic acid groups (broad SMARTS) is 3. The molecule has 0 aromatic carbocycles. The number of rotatable bonds is 3. The number of carboxylic acids is 3. The van der Waals surface area contributed by atoms with E-state index in [4.69, 9.17) is 20.4 Å². The minimum atomic E-state index is -1.44. The summed E-state index contributed by atoms with van der Waals surface area (Å²) in [5.74, 6) is -4.06. The molecule has 0 fully saturated rings. The fourth-order valence-corrected chi connectivity index (χ4v) is 0. The fourth-order valence-electron chi connectivity index (χ4n) is 0. The first kappa shape index (κ1) is 31.3. The molecule has 0 aromatic rings. The van der Waals surface area contributed by atoms with Crippen molar-refractivity contribution in [2.45, 2.75) is 39.1 Å². The summed E-state index contributed by atoms with van der Waals surface area (Å²) < 4.78 is 0. The van der Waals surface area contributed by atoms with E-state index in [0.717, 1.165) is 13.8 Å². The Kier molecular flexibility index (Phi) is 28.0. The van der Waals surface area contributed by atoms with Crippen LogP contribution in [0.25, 0.3) is 0 Å². The van der Waals surface area contributed by atoms with E-state index in [0.29, 0.717) is 0 Å². The van der Waals surface area contributed by atoms with Gasteiger partial charge in [-0.2, -0.15) is 0 Å². The van der Waals surface area contributed by atoms with Crippen LogP contribution in [-0.4, -0.2) is 56.6 Å². The summed E-state index contributed by atoms with van der Waals surface area (Å²) >= 11 is 0. The average molecular weight is 351 g/mol. The Bertz CT molecular complexity index is 225. The number of carbonyl (C=O) groups is 3. The Hall–Kier alpha value is -1.13. The summed E-state index contributed by atoms with van der Waals surface area (Å²) in [4.78, 5) is 28.1. The molecule has 3 unspecified atom stereocenters. The molecule has 0 aliphatic rings.